The molecule has 90 valence electrons. The maximum Gasteiger partial charge on any atom is 0.249 e. The maximum absolute atomic E-state index is 11.5. The van der Waals surface area contributed by atoms with Crippen molar-refractivity contribution in [3.8, 4) is 0 Å². The largest absolute Gasteiger partial charge is 0.358 e. The Hall–Kier alpha value is -1.69. The van der Waals surface area contributed by atoms with Crippen LogP contribution in [0.5, 0.6) is 0 Å². The highest BCUT2D eigenvalue weighted by Gasteiger charge is 2.27. The Balaban J connectivity index is 2.13. The normalized spacial score (nSPS) is 20.0. The Bertz CT molecular complexity index is 477. The fourth-order valence-corrected chi connectivity index (χ4v) is 1.70. The molecule has 1 fully saturated rings. The Morgan fingerprint density at radius 2 is 2.24 bits per heavy atom. The molecule has 0 saturated carbocycles. The highest BCUT2D eigenvalue weighted by atomic mass is 35.5. The molecule has 0 aliphatic carbocycles. The van der Waals surface area contributed by atoms with Crippen LogP contribution in [0.15, 0.2) is 6.33 Å². The summed E-state index contributed by atoms with van der Waals surface area (Å²) in [4.78, 5) is 30.4. The van der Waals surface area contributed by atoms with E-state index in [0.717, 1.165) is 0 Å². The molecule has 6 nitrogen and oxygen atoms in total. The zero-order chi connectivity index (χ0) is 12.4. The van der Waals surface area contributed by atoms with Crippen molar-refractivity contribution in [2.75, 3.05) is 5.32 Å². The van der Waals surface area contributed by atoms with Gasteiger partial charge in [-0.25, -0.2) is 9.97 Å². The molecule has 0 bridgehead atoms. The summed E-state index contributed by atoms with van der Waals surface area (Å²) in [6.07, 6.45) is 2.09. The number of halogens is 1. The number of hydrogen-bond donors (Lipinski definition) is 2. The summed E-state index contributed by atoms with van der Waals surface area (Å²) in [6, 6.07) is -0.461. The summed E-state index contributed by atoms with van der Waals surface area (Å²) in [5, 5.41) is 5.57. The summed E-state index contributed by atoms with van der Waals surface area (Å²) >= 11 is 5.85. The van der Waals surface area contributed by atoms with Crippen molar-refractivity contribution in [1.82, 2.24) is 15.3 Å². The lowest BCUT2D eigenvalue weighted by molar-refractivity contribution is -0.133. The monoisotopic (exact) mass is 254 g/mol. The van der Waals surface area contributed by atoms with E-state index in [-0.39, 0.29) is 11.8 Å². The van der Waals surface area contributed by atoms with Crippen LogP contribution in [-0.2, 0) is 9.59 Å². The van der Waals surface area contributed by atoms with E-state index in [1.54, 1.807) is 6.92 Å². The van der Waals surface area contributed by atoms with Gasteiger partial charge in [-0.3, -0.25) is 14.9 Å². The number of nitrogens with zero attached hydrogens (tertiary/aromatic N) is 2. The van der Waals surface area contributed by atoms with Crippen molar-refractivity contribution in [3.63, 3.8) is 0 Å². The summed E-state index contributed by atoms with van der Waals surface area (Å²) < 4.78 is 0. The van der Waals surface area contributed by atoms with Crippen molar-refractivity contribution in [2.45, 2.75) is 25.8 Å². The summed E-state index contributed by atoms with van der Waals surface area (Å²) in [5.74, 6) is -0.0691. The first kappa shape index (κ1) is 11.8. The van der Waals surface area contributed by atoms with Gasteiger partial charge in [-0.2, -0.15) is 0 Å². The molecule has 7 heteroatoms. The number of carbonyl (C=O) groups excluding carboxylic acids is 2. The molecule has 2 N–H and O–H groups in total. The Morgan fingerprint density at radius 1 is 1.47 bits per heavy atom. The van der Waals surface area contributed by atoms with Gasteiger partial charge >= 0.3 is 0 Å². The lowest BCUT2D eigenvalue weighted by Crippen LogP contribution is -2.47. The molecule has 0 aromatic carbocycles. The zero-order valence-corrected chi connectivity index (χ0v) is 9.91. The summed E-state index contributed by atoms with van der Waals surface area (Å²) in [7, 11) is 0. The molecule has 1 aliphatic heterocycles. The average molecular weight is 255 g/mol. The number of nitrogens with one attached hydrogen (secondary N) is 2. The van der Waals surface area contributed by atoms with E-state index >= 15 is 0 Å². The first-order valence-electron chi connectivity index (χ1n) is 5.15. The van der Waals surface area contributed by atoms with Crippen LogP contribution in [0.25, 0.3) is 0 Å². The van der Waals surface area contributed by atoms with Gasteiger partial charge < -0.3 is 5.32 Å². The van der Waals surface area contributed by atoms with E-state index in [1.807, 2.05) is 0 Å². The fourth-order valence-electron chi connectivity index (χ4n) is 1.57. The number of aromatic nitrogens is 2. The Labute approximate surface area is 103 Å². The van der Waals surface area contributed by atoms with E-state index in [1.165, 1.54) is 6.33 Å². The van der Waals surface area contributed by atoms with Crippen LogP contribution in [0.4, 0.5) is 5.82 Å². The van der Waals surface area contributed by atoms with Crippen LogP contribution < -0.4 is 10.6 Å². The van der Waals surface area contributed by atoms with Crippen LogP contribution in [0, 0.1) is 6.92 Å². The number of carbonyl (C=O) groups is 2. The highest BCUT2D eigenvalue weighted by molar-refractivity contribution is 6.30. The molecule has 1 aliphatic rings. The smallest absolute Gasteiger partial charge is 0.249 e. The zero-order valence-electron chi connectivity index (χ0n) is 9.16. The second-order valence-corrected chi connectivity index (χ2v) is 4.14. The molecule has 17 heavy (non-hydrogen) atoms. The van der Waals surface area contributed by atoms with Crippen molar-refractivity contribution < 1.29 is 9.59 Å². The van der Waals surface area contributed by atoms with Gasteiger partial charge in [-0.05, 0) is 13.3 Å². The number of piperidine rings is 1. The van der Waals surface area contributed by atoms with Crippen LogP contribution in [-0.4, -0.2) is 27.8 Å². The van der Waals surface area contributed by atoms with Crippen molar-refractivity contribution in [3.05, 3.63) is 17.0 Å². The van der Waals surface area contributed by atoms with E-state index < -0.39 is 6.04 Å². The predicted molar refractivity (Wildman–Crippen MR) is 61.6 cm³/mol. The quantitative estimate of drug-likeness (QED) is 0.598. The van der Waals surface area contributed by atoms with Crippen molar-refractivity contribution in [1.29, 1.82) is 0 Å². The van der Waals surface area contributed by atoms with Gasteiger partial charge in [0.1, 0.15) is 23.3 Å². The second-order valence-electron chi connectivity index (χ2n) is 3.79. The van der Waals surface area contributed by atoms with Crippen LogP contribution >= 0.6 is 11.6 Å². The number of amides is 2. The molecule has 1 unspecified atom stereocenters. The summed E-state index contributed by atoms with van der Waals surface area (Å²) in [6.45, 7) is 1.76. The number of anilines is 1. The van der Waals surface area contributed by atoms with Gasteiger partial charge in [0.15, 0.2) is 0 Å². The molecule has 1 saturated heterocycles. The van der Waals surface area contributed by atoms with Crippen LogP contribution in [0.1, 0.15) is 18.4 Å². The van der Waals surface area contributed by atoms with Gasteiger partial charge in [0.2, 0.25) is 11.8 Å². The maximum atomic E-state index is 11.5. The highest BCUT2D eigenvalue weighted by Crippen LogP contribution is 2.20. The molecule has 1 aromatic heterocycles. The third-order valence-corrected chi connectivity index (χ3v) is 2.95. The van der Waals surface area contributed by atoms with Crippen LogP contribution in [0.3, 0.4) is 0 Å². The molecule has 0 spiro atoms. The van der Waals surface area contributed by atoms with Gasteiger partial charge in [0, 0.05) is 12.0 Å². The van der Waals surface area contributed by atoms with E-state index in [0.29, 0.717) is 29.4 Å². The number of hydrogen-bond acceptors (Lipinski definition) is 5. The third kappa shape index (κ3) is 2.52. The predicted octanol–water partition coefficient (Wildman–Crippen LogP) is 0.656. The van der Waals surface area contributed by atoms with Gasteiger partial charge in [0.25, 0.3) is 0 Å². The molecular weight excluding hydrogens is 244 g/mol. The first-order chi connectivity index (χ1) is 8.08. The Morgan fingerprint density at radius 3 is 2.94 bits per heavy atom. The Kier molecular flexibility index (Phi) is 3.23. The van der Waals surface area contributed by atoms with E-state index in [4.69, 9.17) is 11.6 Å². The van der Waals surface area contributed by atoms with Gasteiger partial charge in [-0.1, -0.05) is 11.6 Å². The topological polar surface area (TPSA) is 84.0 Å². The lowest BCUT2D eigenvalue weighted by atomic mass is 10.1. The van der Waals surface area contributed by atoms with Crippen molar-refractivity contribution in [2.24, 2.45) is 0 Å². The standard InChI is InChI=1S/C10H11ClN4O2/c1-5-8(11)12-4-13-9(5)14-6-2-3-7(16)15-10(6)17/h4,6H,2-3H2,1H3,(H,12,13,14)(H,15,16,17). The molecule has 1 aromatic rings. The van der Waals surface area contributed by atoms with E-state index in [9.17, 15) is 9.59 Å². The molecule has 2 heterocycles. The molecule has 2 rings (SSSR count). The minimum absolute atomic E-state index is 0.245. The molecule has 1 atom stereocenters. The third-order valence-electron chi connectivity index (χ3n) is 2.57. The van der Waals surface area contributed by atoms with Gasteiger partial charge in [-0.15, -0.1) is 0 Å². The van der Waals surface area contributed by atoms with Crippen molar-refractivity contribution >= 4 is 29.2 Å². The number of imide groups is 1. The average Bonchev–Trinajstić information content (AvgIpc) is 2.28. The van der Waals surface area contributed by atoms with Crippen LogP contribution in [0.2, 0.25) is 5.15 Å². The SMILES string of the molecule is Cc1c(Cl)ncnc1NC1CCC(=O)NC1=O. The fraction of sp³-hybridized carbons (Fsp3) is 0.400. The van der Waals surface area contributed by atoms with Gasteiger partial charge in [0.05, 0.1) is 0 Å². The lowest BCUT2D eigenvalue weighted by Gasteiger charge is -2.22. The van der Waals surface area contributed by atoms with E-state index in [2.05, 4.69) is 20.6 Å². The first-order valence-corrected chi connectivity index (χ1v) is 5.53. The molecule has 0 radical (unpaired) electrons. The minimum atomic E-state index is -0.461. The molecular formula is C10H11ClN4O2. The second kappa shape index (κ2) is 4.67. The molecule has 2 amide bonds. The minimum Gasteiger partial charge on any atom is -0.358 e. The summed E-state index contributed by atoms with van der Waals surface area (Å²) in [5.41, 5.74) is 0.680. The number of rotatable bonds is 2.